The molecule has 0 aliphatic heterocycles. The molecule has 0 bridgehead atoms. The van der Waals surface area contributed by atoms with Gasteiger partial charge >= 0.3 is 0 Å². The average Bonchev–Trinajstić information content (AvgIpc) is 3.24. The molecule has 1 heterocycles. The second kappa shape index (κ2) is 10.2. The van der Waals surface area contributed by atoms with Crippen molar-refractivity contribution in [3.8, 4) is 0 Å². The lowest BCUT2D eigenvalue weighted by Gasteiger charge is -2.28. The molecule has 4 aromatic rings. The summed E-state index contributed by atoms with van der Waals surface area (Å²) < 4.78 is 43.3. The maximum atomic E-state index is 13.4. The number of aryl methyl sites for hydroxylation is 1. The molecule has 4 rings (SSSR count). The van der Waals surface area contributed by atoms with E-state index in [-0.39, 0.29) is 16.3 Å². The van der Waals surface area contributed by atoms with Crippen molar-refractivity contribution in [2.24, 2.45) is 0 Å². The first-order valence-electron chi connectivity index (χ1n) is 11.5. The van der Waals surface area contributed by atoms with Crippen LogP contribution >= 0.6 is 0 Å². The Balaban J connectivity index is 1.35. The highest BCUT2D eigenvalue weighted by Gasteiger charge is 2.20. The van der Waals surface area contributed by atoms with Gasteiger partial charge in [-0.25, -0.2) is 12.8 Å². The van der Waals surface area contributed by atoms with Gasteiger partial charge in [0.05, 0.1) is 11.0 Å². The summed E-state index contributed by atoms with van der Waals surface area (Å²) >= 11 is 0. The van der Waals surface area contributed by atoms with Crippen molar-refractivity contribution in [2.45, 2.75) is 43.4 Å². The van der Waals surface area contributed by atoms with Crippen molar-refractivity contribution in [3.05, 3.63) is 96.4 Å². The second-order valence-electron chi connectivity index (χ2n) is 9.29. The van der Waals surface area contributed by atoms with Gasteiger partial charge in [-0.2, -0.15) is 0 Å². The molecule has 0 amide bonds. The zero-order chi connectivity index (χ0) is 25.1. The molecule has 0 aliphatic carbocycles. The van der Waals surface area contributed by atoms with Crippen LogP contribution in [0, 0.1) is 5.82 Å². The number of aromatic nitrogens is 1. The Hall–Kier alpha value is -3.20. The van der Waals surface area contributed by atoms with Crippen molar-refractivity contribution in [1.82, 2.24) is 9.88 Å². The molecule has 35 heavy (non-hydrogen) atoms. The number of aliphatic hydroxyl groups is 1. The highest BCUT2D eigenvalue weighted by Crippen LogP contribution is 2.23. The quantitative estimate of drug-likeness (QED) is 0.287. The van der Waals surface area contributed by atoms with Crippen LogP contribution in [0.15, 0.2) is 90.0 Å². The van der Waals surface area contributed by atoms with Gasteiger partial charge in [0, 0.05) is 41.4 Å². The molecule has 0 spiro atoms. The number of halogens is 1. The largest absolute Gasteiger partial charge is 0.387 e. The molecule has 8 heteroatoms. The monoisotopic (exact) mass is 495 g/mol. The molecular weight excluding hydrogens is 465 g/mol. The van der Waals surface area contributed by atoms with Crippen LogP contribution in [-0.2, 0) is 16.6 Å². The van der Waals surface area contributed by atoms with Crippen LogP contribution in [0.1, 0.15) is 31.9 Å². The van der Waals surface area contributed by atoms with Crippen molar-refractivity contribution in [2.75, 3.05) is 11.3 Å². The van der Waals surface area contributed by atoms with E-state index in [0.717, 1.165) is 23.9 Å². The second-order valence-corrected chi connectivity index (χ2v) is 11.0. The third-order valence-corrected chi connectivity index (χ3v) is 7.46. The van der Waals surface area contributed by atoms with Gasteiger partial charge < -0.3 is 15.0 Å². The van der Waals surface area contributed by atoms with Gasteiger partial charge in [0.2, 0.25) is 0 Å². The summed E-state index contributed by atoms with van der Waals surface area (Å²) in [7, 11) is -3.71. The number of nitrogens with one attached hydrogen (secondary N) is 2. The minimum Gasteiger partial charge on any atom is -0.387 e. The van der Waals surface area contributed by atoms with Crippen LogP contribution in [-0.4, -0.2) is 30.2 Å². The minimum absolute atomic E-state index is 0.176. The summed E-state index contributed by atoms with van der Waals surface area (Å²) in [6, 6.07) is 21.6. The predicted octanol–water partition coefficient (Wildman–Crippen LogP) is 5.07. The number of rotatable bonds is 10. The van der Waals surface area contributed by atoms with Crippen LogP contribution < -0.4 is 10.0 Å². The smallest absolute Gasteiger partial charge is 0.261 e. The zero-order valence-corrected chi connectivity index (χ0v) is 20.6. The van der Waals surface area contributed by atoms with Crippen molar-refractivity contribution in [1.29, 1.82) is 0 Å². The molecule has 1 unspecified atom stereocenters. The van der Waals surface area contributed by atoms with E-state index >= 15 is 0 Å². The number of β-amino-alcohol motifs (C(OH)–C–C–N with tert-alkyl or cyclic N) is 1. The van der Waals surface area contributed by atoms with Crippen LogP contribution in [0.25, 0.3) is 10.9 Å². The fourth-order valence-electron chi connectivity index (χ4n) is 3.97. The van der Waals surface area contributed by atoms with Gasteiger partial charge in [0.25, 0.3) is 10.0 Å². The molecule has 0 radical (unpaired) electrons. The lowest BCUT2D eigenvalue weighted by molar-refractivity contribution is 0.158. The number of hydrogen-bond donors (Lipinski definition) is 3. The highest BCUT2D eigenvalue weighted by molar-refractivity contribution is 7.92. The summed E-state index contributed by atoms with van der Waals surface area (Å²) in [6.45, 7) is 5.17. The summed E-state index contributed by atoms with van der Waals surface area (Å²) in [5, 5.41) is 15.0. The Morgan fingerprint density at radius 1 is 1.00 bits per heavy atom. The number of anilines is 1. The molecule has 0 saturated heterocycles. The van der Waals surface area contributed by atoms with Crippen molar-refractivity contribution in [3.63, 3.8) is 0 Å². The molecule has 3 aromatic carbocycles. The van der Waals surface area contributed by atoms with Gasteiger partial charge in [-0.1, -0.05) is 30.3 Å². The molecule has 184 valence electrons. The first kappa shape index (κ1) is 24.9. The average molecular weight is 496 g/mol. The van der Waals surface area contributed by atoms with Gasteiger partial charge in [0.1, 0.15) is 5.82 Å². The van der Waals surface area contributed by atoms with E-state index in [1.807, 2.05) is 12.3 Å². The van der Waals surface area contributed by atoms with E-state index in [1.54, 1.807) is 48.5 Å². The van der Waals surface area contributed by atoms with Crippen LogP contribution in [0.5, 0.6) is 0 Å². The van der Waals surface area contributed by atoms with E-state index in [0.29, 0.717) is 17.8 Å². The van der Waals surface area contributed by atoms with E-state index < -0.39 is 16.1 Å². The first-order valence-corrected chi connectivity index (χ1v) is 13.0. The van der Waals surface area contributed by atoms with E-state index in [1.165, 1.54) is 24.3 Å². The number of sulfonamides is 1. The lowest BCUT2D eigenvalue weighted by atomic mass is 9.99. The summed E-state index contributed by atoms with van der Waals surface area (Å²) in [6.07, 6.45) is 1.93. The molecule has 1 aromatic heterocycles. The maximum Gasteiger partial charge on any atom is 0.261 e. The first-order chi connectivity index (χ1) is 16.6. The highest BCUT2D eigenvalue weighted by atomic mass is 32.2. The summed E-state index contributed by atoms with van der Waals surface area (Å²) in [5.74, 6) is -0.247. The topological polar surface area (TPSA) is 83.4 Å². The fourth-order valence-corrected chi connectivity index (χ4v) is 5.04. The van der Waals surface area contributed by atoms with Gasteiger partial charge in [-0.05, 0) is 74.4 Å². The molecule has 0 saturated carbocycles. The Morgan fingerprint density at radius 2 is 1.77 bits per heavy atom. The third-order valence-electron chi connectivity index (χ3n) is 6.06. The van der Waals surface area contributed by atoms with Gasteiger partial charge in [-0.15, -0.1) is 0 Å². The van der Waals surface area contributed by atoms with E-state index in [9.17, 15) is 17.9 Å². The Labute approximate surface area is 205 Å². The summed E-state index contributed by atoms with van der Waals surface area (Å²) in [5.41, 5.74) is 1.71. The van der Waals surface area contributed by atoms with Crippen LogP contribution in [0.2, 0.25) is 0 Å². The fraction of sp³-hybridized carbons (Fsp3) is 0.259. The van der Waals surface area contributed by atoms with E-state index in [4.69, 9.17) is 0 Å². The number of nitrogens with zero attached hydrogens (tertiary/aromatic N) is 1. The van der Waals surface area contributed by atoms with Crippen molar-refractivity contribution >= 4 is 26.6 Å². The molecule has 0 fully saturated rings. The zero-order valence-electron chi connectivity index (χ0n) is 19.8. The molecule has 0 aliphatic rings. The predicted molar refractivity (Wildman–Crippen MR) is 137 cm³/mol. The van der Waals surface area contributed by atoms with Crippen LogP contribution in [0.4, 0.5) is 10.1 Å². The number of hydrogen-bond acceptors (Lipinski definition) is 4. The maximum absolute atomic E-state index is 13.4. The van der Waals surface area contributed by atoms with E-state index in [2.05, 4.69) is 28.5 Å². The van der Waals surface area contributed by atoms with Crippen molar-refractivity contribution < 1.29 is 17.9 Å². The lowest BCUT2D eigenvalue weighted by Crippen LogP contribution is -2.42. The standard InChI is InChI=1S/C27H30FN3O3S/c1-27(2,14-16-31-15-13-20-17-22(28)11-12-25(20)31)29-19-26(32)21-7-6-8-23(18-21)30-35(33,34)24-9-4-3-5-10-24/h3-13,15,17-18,26,29-30,32H,14,16,19H2,1-2H3. The third kappa shape index (κ3) is 6.28. The molecular formula is C27H30FN3O3S. The number of benzene rings is 3. The Morgan fingerprint density at radius 3 is 2.54 bits per heavy atom. The van der Waals surface area contributed by atoms with Gasteiger partial charge in [-0.3, -0.25) is 4.72 Å². The minimum atomic E-state index is -3.71. The number of aliphatic hydroxyl groups excluding tert-OH is 1. The Bertz CT molecular complexity index is 1400. The summed E-state index contributed by atoms with van der Waals surface area (Å²) in [4.78, 5) is 0.176. The Kier molecular flexibility index (Phi) is 7.25. The van der Waals surface area contributed by atoms with Gasteiger partial charge in [0.15, 0.2) is 0 Å². The SMILES string of the molecule is CC(C)(CCn1ccc2cc(F)ccc21)NCC(O)c1cccc(NS(=O)(=O)c2ccccc2)c1. The molecule has 1 atom stereocenters. The normalized spacial score (nSPS) is 13.1. The van der Waals surface area contributed by atoms with Crippen LogP contribution in [0.3, 0.4) is 0 Å². The molecule has 3 N–H and O–H groups in total. The molecule has 6 nitrogen and oxygen atoms in total. The number of fused-ring (bicyclic) bond motifs is 1.